The van der Waals surface area contributed by atoms with E-state index >= 15 is 0 Å². The summed E-state index contributed by atoms with van der Waals surface area (Å²) in [6, 6.07) is 0. The topological polar surface area (TPSA) is 20.2 Å². The maximum Gasteiger partial charge on any atom is 0.0576 e. The molecule has 0 aromatic carbocycles. The minimum Gasteiger partial charge on any atom is -0.393 e. The van der Waals surface area contributed by atoms with Crippen LogP contribution >= 0.6 is 0 Å². The second-order valence-corrected chi connectivity index (χ2v) is 4.12. The minimum absolute atomic E-state index is 0.0535. The number of aliphatic hydroxyl groups is 1. The fraction of sp³-hybridized carbons (Fsp3) is 1.00. The van der Waals surface area contributed by atoms with Gasteiger partial charge in [0.25, 0.3) is 0 Å². The van der Waals surface area contributed by atoms with Gasteiger partial charge in [-0.2, -0.15) is 0 Å². The molecule has 1 spiro atoms. The molecule has 1 heteroatoms. The van der Waals surface area contributed by atoms with Crippen LogP contribution in [0.4, 0.5) is 0 Å². The Morgan fingerprint density at radius 3 is 2.22 bits per heavy atom. The van der Waals surface area contributed by atoms with Crippen molar-refractivity contribution >= 4 is 0 Å². The number of hydrogen-bond donors (Lipinski definition) is 1. The van der Waals surface area contributed by atoms with Gasteiger partial charge in [-0.1, -0.05) is 6.92 Å². The van der Waals surface area contributed by atoms with Crippen LogP contribution in [0.2, 0.25) is 0 Å². The molecule has 1 nitrogen and oxygen atoms in total. The molecule has 50 valence electrons. The molecular weight excluding hydrogens is 112 g/mol. The van der Waals surface area contributed by atoms with Crippen molar-refractivity contribution in [1.29, 1.82) is 0 Å². The molecule has 0 bridgehead atoms. The lowest BCUT2D eigenvalue weighted by molar-refractivity contribution is -0.0681. The molecule has 0 amide bonds. The average molecular weight is 124 g/mol. The highest BCUT2D eigenvalue weighted by atomic mass is 16.3. The molecule has 3 aliphatic rings. The molecule has 0 saturated heterocycles. The van der Waals surface area contributed by atoms with E-state index in [1.807, 2.05) is 0 Å². The molecule has 3 fully saturated rings. The normalized spacial score (nSPS) is 75.3. The zero-order valence-corrected chi connectivity index (χ0v) is 5.67. The largest absolute Gasteiger partial charge is 0.393 e. The van der Waals surface area contributed by atoms with Crippen molar-refractivity contribution in [2.75, 3.05) is 0 Å². The summed E-state index contributed by atoms with van der Waals surface area (Å²) >= 11 is 0. The summed E-state index contributed by atoms with van der Waals surface area (Å²) in [4.78, 5) is 0. The molecule has 1 N–H and O–H groups in total. The lowest BCUT2D eigenvalue weighted by Gasteiger charge is -2.44. The predicted octanol–water partition coefficient (Wildman–Crippen LogP) is 1.02. The van der Waals surface area contributed by atoms with E-state index in [4.69, 9.17) is 0 Å². The van der Waals surface area contributed by atoms with Gasteiger partial charge < -0.3 is 5.11 Å². The summed E-state index contributed by atoms with van der Waals surface area (Å²) in [6.45, 7) is 2.21. The molecule has 0 heterocycles. The Balaban J connectivity index is 1.85. The first-order valence-corrected chi connectivity index (χ1v) is 3.95. The molecule has 4 unspecified atom stereocenters. The highest BCUT2D eigenvalue weighted by Gasteiger charge is 2.82. The Hall–Kier alpha value is -0.0400. The van der Waals surface area contributed by atoms with Gasteiger partial charge in [-0.05, 0) is 36.0 Å². The van der Waals surface area contributed by atoms with Crippen molar-refractivity contribution in [3.8, 4) is 0 Å². The Morgan fingerprint density at radius 1 is 1.44 bits per heavy atom. The summed E-state index contributed by atoms with van der Waals surface area (Å²) in [5, 5.41) is 9.23. The van der Waals surface area contributed by atoms with E-state index in [1.165, 1.54) is 6.42 Å². The van der Waals surface area contributed by atoms with Gasteiger partial charge in [-0.15, -0.1) is 0 Å². The molecule has 3 rings (SSSR count). The molecule has 0 radical (unpaired) electrons. The van der Waals surface area contributed by atoms with Crippen LogP contribution in [0.25, 0.3) is 0 Å². The number of rotatable bonds is 0. The summed E-state index contributed by atoms with van der Waals surface area (Å²) in [5.41, 5.74) is 0.708. The van der Waals surface area contributed by atoms with Crippen LogP contribution in [-0.4, -0.2) is 11.2 Å². The standard InChI is InChI=1S/C8H12O/c1-4-7(9)3-8(4)5-2-6(5)8/h4-7,9H,2-3H2,1H3. The number of aliphatic hydroxyl groups excluding tert-OH is 1. The minimum atomic E-state index is 0.0535. The molecule has 9 heavy (non-hydrogen) atoms. The lowest BCUT2D eigenvalue weighted by Crippen LogP contribution is -2.45. The van der Waals surface area contributed by atoms with Gasteiger partial charge in [-0.25, -0.2) is 0 Å². The fourth-order valence-electron chi connectivity index (χ4n) is 3.00. The van der Waals surface area contributed by atoms with Crippen molar-refractivity contribution in [3.63, 3.8) is 0 Å². The van der Waals surface area contributed by atoms with Crippen LogP contribution < -0.4 is 0 Å². The Morgan fingerprint density at radius 2 is 2.11 bits per heavy atom. The highest BCUT2D eigenvalue weighted by molar-refractivity contribution is 5.30. The summed E-state index contributed by atoms with van der Waals surface area (Å²) < 4.78 is 0. The van der Waals surface area contributed by atoms with Gasteiger partial charge in [0, 0.05) is 0 Å². The number of fused-ring (bicyclic) bond motifs is 3. The van der Waals surface area contributed by atoms with Gasteiger partial charge in [0.2, 0.25) is 0 Å². The highest BCUT2D eigenvalue weighted by Crippen LogP contribution is 2.86. The maximum atomic E-state index is 9.23. The lowest BCUT2D eigenvalue weighted by atomic mass is 9.63. The van der Waals surface area contributed by atoms with Crippen molar-refractivity contribution in [3.05, 3.63) is 0 Å². The molecule has 3 saturated carbocycles. The van der Waals surface area contributed by atoms with Gasteiger partial charge >= 0.3 is 0 Å². The van der Waals surface area contributed by atoms with Crippen LogP contribution in [0.15, 0.2) is 0 Å². The van der Waals surface area contributed by atoms with E-state index in [9.17, 15) is 5.11 Å². The van der Waals surface area contributed by atoms with E-state index < -0.39 is 0 Å². The van der Waals surface area contributed by atoms with E-state index in [-0.39, 0.29) is 6.10 Å². The zero-order chi connectivity index (χ0) is 6.22. The summed E-state index contributed by atoms with van der Waals surface area (Å²) in [7, 11) is 0. The predicted molar refractivity (Wildman–Crippen MR) is 33.8 cm³/mol. The van der Waals surface area contributed by atoms with Crippen molar-refractivity contribution in [1.82, 2.24) is 0 Å². The second-order valence-electron chi connectivity index (χ2n) is 4.12. The van der Waals surface area contributed by atoms with Crippen LogP contribution in [0, 0.1) is 23.2 Å². The zero-order valence-electron chi connectivity index (χ0n) is 5.67. The maximum absolute atomic E-state index is 9.23. The molecule has 0 aliphatic heterocycles. The molecule has 4 atom stereocenters. The quantitative estimate of drug-likeness (QED) is 0.511. The Kier molecular flexibility index (Phi) is 0.508. The third-order valence-corrected chi connectivity index (χ3v) is 4.05. The monoisotopic (exact) mass is 124 g/mol. The van der Waals surface area contributed by atoms with Crippen LogP contribution in [-0.2, 0) is 0 Å². The van der Waals surface area contributed by atoms with E-state index in [1.54, 1.807) is 0 Å². The van der Waals surface area contributed by atoms with Gasteiger partial charge in [0.15, 0.2) is 0 Å². The fourth-order valence-corrected chi connectivity index (χ4v) is 3.00. The van der Waals surface area contributed by atoms with E-state index in [0.717, 1.165) is 18.3 Å². The smallest absolute Gasteiger partial charge is 0.0576 e. The van der Waals surface area contributed by atoms with Crippen molar-refractivity contribution in [2.45, 2.75) is 25.9 Å². The average Bonchev–Trinajstić information content (AvgIpc) is 2.65. The van der Waals surface area contributed by atoms with Crippen molar-refractivity contribution in [2.24, 2.45) is 23.2 Å². The van der Waals surface area contributed by atoms with Gasteiger partial charge in [0.1, 0.15) is 0 Å². The van der Waals surface area contributed by atoms with Crippen LogP contribution in [0.5, 0.6) is 0 Å². The van der Waals surface area contributed by atoms with Gasteiger partial charge in [-0.3, -0.25) is 0 Å². The first kappa shape index (κ1) is 4.73. The summed E-state index contributed by atoms with van der Waals surface area (Å²) in [5.74, 6) is 2.77. The molecule has 0 aromatic rings. The Bertz CT molecular complexity index is 167. The van der Waals surface area contributed by atoms with Crippen molar-refractivity contribution < 1.29 is 5.11 Å². The summed E-state index contributed by atoms with van der Waals surface area (Å²) in [6.07, 6.45) is 2.67. The van der Waals surface area contributed by atoms with E-state index in [0.29, 0.717) is 11.3 Å². The van der Waals surface area contributed by atoms with E-state index in [2.05, 4.69) is 6.92 Å². The number of hydrogen-bond acceptors (Lipinski definition) is 1. The SMILES string of the molecule is CC1C(O)CC12C1CC12. The Labute approximate surface area is 55.1 Å². The second kappa shape index (κ2) is 0.968. The van der Waals surface area contributed by atoms with Crippen LogP contribution in [0.3, 0.4) is 0 Å². The molecule has 3 aliphatic carbocycles. The van der Waals surface area contributed by atoms with Crippen LogP contribution in [0.1, 0.15) is 19.8 Å². The third-order valence-electron chi connectivity index (χ3n) is 4.05. The van der Waals surface area contributed by atoms with Gasteiger partial charge in [0.05, 0.1) is 6.10 Å². The first-order chi connectivity index (χ1) is 4.27. The third kappa shape index (κ3) is 0.295. The molecular formula is C8H12O. The molecule has 0 aromatic heterocycles. The first-order valence-electron chi connectivity index (χ1n) is 3.95.